The van der Waals surface area contributed by atoms with Gasteiger partial charge in [0.25, 0.3) is 20.0 Å². The highest BCUT2D eigenvalue weighted by Crippen LogP contribution is 2.23. The van der Waals surface area contributed by atoms with Gasteiger partial charge in [-0.1, -0.05) is 84.9 Å². The number of sulfonamides is 2. The van der Waals surface area contributed by atoms with Crippen LogP contribution in [0.15, 0.2) is 168 Å². The average Bonchev–Trinajstić information content (AvgIpc) is 3.20. The molecule has 0 unspecified atom stereocenters. The first-order chi connectivity index (χ1) is 28.3. The van der Waals surface area contributed by atoms with E-state index in [1.807, 2.05) is 9.44 Å². The molecule has 0 saturated heterocycles. The van der Waals surface area contributed by atoms with Crippen LogP contribution in [0, 0.1) is 0 Å². The molecule has 0 atom stereocenters. The summed E-state index contributed by atoms with van der Waals surface area (Å²) in [4.78, 5) is 49.8. The standard InChI is InChI=1S/C41H36N8O8S2/c50-38(42-30-11-3-1-4-12-30)46-34-15-7-9-17-36(34)58(54,55)48-40(52)44-32-23-19-28(20-24-32)27-29-21-25-33(26-22-29)45-41(53)49-59(56,57)37-18-10-8-16-35(37)47-39(51)43-31-13-5-2-6-14-31/h1-26H,27H2,(H2,42,46,50)(H2,43,47,51)(H2,44,48,52)(H2,45,49,53). The van der Waals surface area contributed by atoms with Gasteiger partial charge in [-0.05, 0) is 90.3 Å². The highest BCUT2D eigenvalue weighted by Gasteiger charge is 2.24. The molecule has 0 aliphatic carbocycles. The Kier molecular flexibility index (Phi) is 12.8. The fourth-order valence-electron chi connectivity index (χ4n) is 5.54. The average molecular weight is 833 g/mol. The molecule has 0 aliphatic heterocycles. The Hall–Kier alpha value is -7.70. The van der Waals surface area contributed by atoms with Crippen molar-refractivity contribution < 1.29 is 36.0 Å². The quantitative estimate of drug-likeness (QED) is 0.0611. The van der Waals surface area contributed by atoms with Crippen LogP contribution >= 0.6 is 0 Å². The van der Waals surface area contributed by atoms with Gasteiger partial charge in [0.1, 0.15) is 9.79 Å². The van der Waals surface area contributed by atoms with Gasteiger partial charge in [0.05, 0.1) is 11.4 Å². The highest BCUT2D eigenvalue weighted by atomic mass is 32.2. The molecule has 0 aromatic heterocycles. The van der Waals surface area contributed by atoms with Crippen molar-refractivity contribution in [2.45, 2.75) is 16.2 Å². The van der Waals surface area contributed by atoms with Gasteiger partial charge < -0.3 is 31.9 Å². The van der Waals surface area contributed by atoms with Gasteiger partial charge in [-0.25, -0.2) is 45.5 Å². The second kappa shape index (κ2) is 18.5. The van der Waals surface area contributed by atoms with Crippen LogP contribution in [-0.2, 0) is 26.5 Å². The van der Waals surface area contributed by atoms with E-state index in [0.717, 1.165) is 11.1 Å². The number of hydrogen-bond donors (Lipinski definition) is 8. The fraction of sp³-hybridized carbons (Fsp3) is 0.0244. The van der Waals surface area contributed by atoms with Crippen LogP contribution in [0.2, 0.25) is 0 Å². The smallest absolute Gasteiger partial charge is 0.308 e. The van der Waals surface area contributed by atoms with Gasteiger partial charge in [0.15, 0.2) is 0 Å². The Morgan fingerprint density at radius 2 is 0.644 bits per heavy atom. The van der Waals surface area contributed by atoms with Crippen molar-refractivity contribution in [3.63, 3.8) is 0 Å². The number of carbonyl (C=O) groups is 4. The first-order valence-corrected chi connectivity index (χ1v) is 20.6. The number of amides is 8. The van der Waals surface area contributed by atoms with Crippen LogP contribution in [0.3, 0.4) is 0 Å². The first kappa shape index (κ1) is 40.9. The number of urea groups is 4. The normalized spacial score (nSPS) is 11.0. The largest absolute Gasteiger partial charge is 0.333 e. The van der Waals surface area contributed by atoms with Gasteiger partial charge in [0.2, 0.25) is 0 Å². The second-order valence-corrected chi connectivity index (χ2v) is 15.9. The van der Waals surface area contributed by atoms with Crippen molar-refractivity contribution >= 4 is 78.3 Å². The van der Waals surface area contributed by atoms with Gasteiger partial charge >= 0.3 is 24.1 Å². The third kappa shape index (κ3) is 11.7. The zero-order valence-electron chi connectivity index (χ0n) is 30.8. The number of para-hydroxylation sites is 4. The molecule has 8 amide bonds. The summed E-state index contributed by atoms with van der Waals surface area (Å²) in [7, 11) is -8.81. The molecule has 0 bridgehead atoms. The first-order valence-electron chi connectivity index (χ1n) is 17.6. The molecule has 18 heteroatoms. The molecule has 6 aromatic carbocycles. The minimum absolute atomic E-state index is 0.0384. The van der Waals surface area contributed by atoms with E-state index in [0.29, 0.717) is 29.2 Å². The summed E-state index contributed by atoms with van der Waals surface area (Å²) in [5.74, 6) is 0. The number of nitrogens with one attached hydrogen (secondary N) is 8. The monoisotopic (exact) mass is 832 g/mol. The Morgan fingerprint density at radius 1 is 0.339 bits per heavy atom. The van der Waals surface area contributed by atoms with E-state index in [1.165, 1.54) is 48.5 Å². The van der Waals surface area contributed by atoms with Crippen molar-refractivity contribution in [3.8, 4) is 0 Å². The molecule has 6 rings (SSSR count). The zero-order chi connectivity index (χ0) is 41.8. The van der Waals surface area contributed by atoms with E-state index >= 15 is 0 Å². The fourth-order valence-corrected chi connectivity index (χ4v) is 7.68. The van der Waals surface area contributed by atoms with Gasteiger partial charge in [0, 0.05) is 22.7 Å². The van der Waals surface area contributed by atoms with E-state index in [9.17, 15) is 36.0 Å². The topological polar surface area (TPSA) is 233 Å². The molecule has 0 heterocycles. The van der Waals surface area contributed by atoms with E-state index in [1.54, 1.807) is 109 Å². The molecule has 0 saturated carbocycles. The van der Waals surface area contributed by atoms with Crippen molar-refractivity contribution in [1.29, 1.82) is 0 Å². The van der Waals surface area contributed by atoms with Crippen molar-refractivity contribution in [1.82, 2.24) is 9.44 Å². The number of rotatable bonds is 12. The minimum atomic E-state index is -4.41. The lowest BCUT2D eigenvalue weighted by Crippen LogP contribution is -2.35. The second-order valence-electron chi connectivity index (χ2n) is 12.6. The molecule has 16 nitrogen and oxygen atoms in total. The molecule has 300 valence electrons. The lowest BCUT2D eigenvalue weighted by molar-refractivity contribution is 0.255. The Balaban J connectivity index is 0.989. The van der Waals surface area contributed by atoms with Crippen molar-refractivity contribution in [3.05, 3.63) is 169 Å². The van der Waals surface area contributed by atoms with E-state index in [2.05, 4.69) is 31.9 Å². The van der Waals surface area contributed by atoms with Crippen LogP contribution in [0.25, 0.3) is 0 Å². The molecule has 0 radical (unpaired) electrons. The van der Waals surface area contributed by atoms with Gasteiger partial charge in [-0.15, -0.1) is 0 Å². The molecular weight excluding hydrogens is 797 g/mol. The summed E-state index contributed by atoms with van der Waals surface area (Å²) in [5, 5.41) is 15.2. The highest BCUT2D eigenvalue weighted by molar-refractivity contribution is 7.90. The number of hydrogen-bond acceptors (Lipinski definition) is 8. The zero-order valence-corrected chi connectivity index (χ0v) is 32.4. The summed E-state index contributed by atoms with van der Waals surface area (Å²) in [6.45, 7) is 0. The summed E-state index contributed by atoms with van der Waals surface area (Å²) in [5.41, 5.74) is 3.22. The maximum atomic E-state index is 13.1. The number of carbonyl (C=O) groups excluding carboxylic acids is 4. The van der Waals surface area contributed by atoms with Crippen LogP contribution < -0.4 is 41.3 Å². The van der Waals surface area contributed by atoms with Gasteiger partial charge in [-0.3, -0.25) is 0 Å². The summed E-state index contributed by atoms with van der Waals surface area (Å²) in [6, 6.07) is 38.3. The summed E-state index contributed by atoms with van der Waals surface area (Å²) >= 11 is 0. The van der Waals surface area contributed by atoms with E-state index < -0.39 is 44.2 Å². The van der Waals surface area contributed by atoms with Gasteiger partial charge in [-0.2, -0.15) is 0 Å². The maximum Gasteiger partial charge on any atom is 0.333 e. The Morgan fingerprint density at radius 3 is 1.02 bits per heavy atom. The van der Waals surface area contributed by atoms with Crippen LogP contribution in [0.4, 0.5) is 53.3 Å². The molecule has 0 spiro atoms. The Bertz CT molecular complexity index is 2500. The predicted molar refractivity (Wildman–Crippen MR) is 225 cm³/mol. The maximum absolute atomic E-state index is 13.1. The molecule has 8 N–H and O–H groups in total. The van der Waals surface area contributed by atoms with Crippen LogP contribution in [0.1, 0.15) is 11.1 Å². The lowest BCUT2D eigenvalue weighted by atomic mass is 10.0. The molecule has 6 aromatic rings. The number of anilines is 6. The molecular formula is C41H36N8O8S2. The van der Waals surface area contributed by atoms with E-state index in [4.69, 9.17) is 0 Å². The molecule has 59 heavy (non-hydrogen) atoms. The lowest BCUT2D eigenvalue weighted by Gasteiger charge is -2.14. The van der Waals surface area contributed by atoms with Crippen LogP contribution in [-0.4, -0.2) is 41.0 Å². The third-order valence-electron chi connectivity index (χ3n) is 8.20. The number of benzene rings is 6. The minimum Gasteiger partial charge on any atom is -0.308 e. The Labute approximate surface area is 339 Å². The summed E-state index contributed by atoms with van der Waals surface area (Å²) < 4.78 is 56.5. The van der Waals surface area contributed by atoms with Crippen LogP contribution in [0.5, 0.6) is 0 Å². The molecule has 0 fully saturated rings. The van der Waals surface area contributed by atoms with Crippen molar-refractivity contribution in [2.75, 3.05) is 31.9 Å². The SMILES string of the molecule is O=C(Nc1ccccc1)Nc1ccccc1S(=O)(=O)NC(=O)Nc1ccc(Cc2ccc(NC(=O)NS(=O)(=O)c3ccccc3NC(=O)Nc3ccccc3)cc2)cc1. The van der Waals surface area contributed by atoms with Crippen molar-refractivity contribution in [2.24, 2.45) is 0 Å². The molecule has 0 aliphatic rings. The third-order valence-corrected chi connectivity index (χ3v) is 11.0. The predicted octanol–water partition coefficient (Wildman–Crippen LogP) is 7.59. The van der Waals surface area contributed by atoms with E-state index in [-0.39, 0.29) is 21.2 Å². The summed E-state index contributed by atoms with van der Waals surface area (Å²) in [6.07, 6.45) is 0.449.